The van der Waals surface area contributed by atoms with E-state index in [0.29, 0.717) is 12.3 Å². The van der Waals surface area contributed by atoms with Gasteiger partial charge in [0, 0.05) is 13.3 Å². The van der Waals surface area contributed by atoms with Gasteiger partial charge >= 0.3 is 0 Å². The number of rotatable bonds is 6. The van der Waals surface area contributed by atoms with Crippen LogP contribution in [0, 0.1) is 6.92 Å². The van der Waals surface area contributed by atoms with Crippen molar-refractivity contribution >= 4 is 11.9 Å². The maximum atomic E-state index is 13.0. The highest BCUT2D eigenvalue weighted by Gasteiger charge is 2.14. The monoisotopic (exact) mass is 397 g/mol. The third-order valence-electron chi connectivity index (χ3n) is 4.97. The quantitative estimate of drug-likeness (QED) is 0.438. The molecule has 0 unspecified atom stereocenters. The first-order valence-corrected chi connectivity index (χ1v) is 9.78. The summed E-state index contributed by atoms with van der Waals surface area (Å²) in [6, 6.07) is 27.3. The first-order valence-electron chi connectivity index (χ1n) is 9.78. The SMILES string of the molecule is Cc1c(N=Cc2cccc(OCc3ccccc3)c2)c(=O)n(-c2ccccc2)n1C. The first kappa shape index (κ1) is 19.5. The topological polar surface area (TPSA) is 48.5 Å². The van der Waals surface area contributed by atoms with E-state index >= 15 is 0 Å². The smallest absolute Gasteiger partial charge is 0.297 e. The highest BCUT2D eigenvalue weighted by atomic mass is 16.5. The van der Waals surface area contributed by atoms with Crippen molar-refractivity contribution in [3.05, 3.63) is 112 Å². The minimum Gasteiger partial charge on any atom is -0.489 e. The predicted octanol–water partition coefficient (Wildman–Crippen LogP) is 4.81. The maximum Gasteiger partial charge on any atom is 0.297 e. The summed E-state index contributed by atoms with van der Waals surface area (Å²) in [5.41, 5.74) is 3.88. The first-order chi connectivity index (χ1) is 14.6. The highest BCUT2D eigenvalue weighted by Crippen LogP contribution is 2.18. The molecular formula is C25H23N3O2. The van der Waals surface area contributed by atoms with E-state index in [1.165, 1.54) is 0 Å². The number of para-hydroxylation sites is 1. The van der Waals surface area contributed by atoms with Crippen molar-refractivity contribution in [1.82, 2.24) is 9.36 Å². The van der Waals surface area contributed by atoms with Crippen LogP contribution in [0.1, 0.15) is 16.8 Å². The van der Waals surface area contributed by atoms with Crippen molar-refractivity contribution in [2.75, 3.05) is 0 Å². The van der Waals surface area contributed by atoms with Gasteiger partial charge in [-0.3, -0.25) is 9.48 Å². The van der Waals surface area contributed by atoms with Gasteiger partial charge in [0.15, 0.2) is 5.69 Å². The Morgan fingerprint density at radius 2 is 1.63 bits per heavy atom. The molecule has 0 spiro atoms. The van der Waals surface area contributed by atoms with Gasteiger partial charge in [0.1, 0.15) is 12.4 Å². The van der Waals surface area contributed by atoms with E-state index in [9.17, 15) is 4.79 Å². The lowest BCUT2D eigenvalue weighted by atomic mass is 10.2. The van der Waals surface area contributed by atoms with Gasteiger partial charge in [-0.25, -0.2) is 9.67 Å². The van der Waals surface area contributed by atoms with Crippen molar-refractivity contribution in [2.45, 2.75) is 13.5 Å². The van der Waals surface area contributed by atoms with Crippen molar-refractivity contribution < 1.29 is 4.74 Å². The fourth-order valence-electron chi connectivity index (χ4n) is 3.27. The lowest BCUT2D eigenvalue weighted by Gasteiger charge is -2.07. The van der Waals surface area contributed by atoms with E-state index in [4.69, 9.17) is 4.74 Å². The minimum absolute atomic E-state index is 0.145. The molecule has 30 heavy (non-hydrogen) atoms. The number of hydrogen-bond acceptors (Lipinski definition) is 3. The number of aliphatic imine (C=N–C) groups is 1. The molecule has 0 fully saturated rings. The van der Waals surface area contributed by atoms with Crippen molar-refractivity contribution in [2.24, 2.45) is 12.0 Å². The van der Waals surface area contributed by atoms with Gasteiger partial charge in [-0.2, -0.15) is 0 Å². The molecule has 5 nitrogen and oxygen atoms in total. The fourth-order valence-corrected chi connectivity index (χ4v) is 3.27. The van der Waals surface area contributed by atoms with Crippen LogP contribution >= 0.6 is 0 Å². The van der Waals surface area contributed by atoms with Gasteiger partial charge in [0.2, 0.25) is 0 Å². The molecule has 0 aliphatic heterocycles. The zero-order valence-corrected chi connectivity index (χ0v) is 17.0. The van der Waals surface area contributed by atoms with E-state index in [-0.39, 0.29) is 5.56 Å². The molecule has 150 valence electrons. The standard InChI is InChI=1S/C25H23N3O2/c1-19-24(25(29)28(27(19)2)22-13-7-4-8-14-22)26-17-21-12-9-15-23(16-21)30-18-20-10-5-3-6-11-20/h3-17H,18H2,1-2H3. The van der Waals surface area contributed by atoms with E-state index in [2.05, 4.69) is 4.99 Å². The fraction of sp³-hybridized carbons (Fsp3) is 0.120. The zero-order valence-electron chi connectivity index (χ0n) is 17.0. The zero-order chi connectivity index (χ0) is 20.9. The summed E-state index contributed by atoms with van der Waals surface area (Å²) >= 11 is 0. The summed E-state index contributed by atoms with van der Waals surface area (Å²) in [5.74, 6) is 0.759. The second-order valence-corrected chi connectivity index (χ2v) is 7.02. The molecule has 1 aromatic heterocycles. The summed E-state index contributed by atoms with van der Waals surface area (Å²) in [4.78, 5) is 17.5. The lowest BCUT2D eigenvalue weighted by molar-refractivity contribution is 0.306. The van der Waals surface area contributed by atoms with Gasteiger partial charge in [0.05, 0.1) is 11.4 Å². The van der Waals surface area contributed by atoms with Crippen LogP contribution in [0.4, 0.5) is 5.69 Å². The van der Waals surface area contributed by atoms with Crippen LogP contribution in [0.2, 0.25) is 0 Å². The summed E-state index contributed by atoms with van der Waals surface area (Å²) in [6.45, 7) is 2.40. The Kier molecular flexibility index (Phi) is 5.61. The lowest BCUT2D eigenvalue weighted by Crippen LogP contribution is -2.19. The Labute approximate surface area is 175 Å². The third-order valence-corrected chi connectivity index (χ3v) is 4.97. The van der Waals surface area contributed by atoms with Gasteiger partial charge in [-0.1, -0.05) is 60.7 Å². The largest absolute Gasteiger partial charge is 0.489 e. The van der Waals surface area contributed by atoms with Crippen LogP contribution in [0.3, 0.4) is 0 Å². The van der Waals surface area contributed by atoms with Gasteiger partial charge < -0.3 is 4.74 Å². The molecule has 5 heteroatoms. The van der Waals surface area contributed by atoms with Crippen molar-refractivity contribution in [3.8, 4) is 11.4 Å². The summed E-state index contributed by atoms with van der Waals surface area (Å²) < 4.78 is 9.33. The molecule has 0 saturated heterocycles. The molecule has 0 aliphatic rings. The van der Waals surface area contributed by atoms with Gasteiger partial charge in [-0.15, -0.1) is 0 Å². The summed E-state index contributed by atoms with van der Waals surface area (Å²) in [5, 5.41) is 0. The number of nitrogens with zero attached hydrogens (tertiary/aromatic N) is 3. The van der Waals surface area contributed by atoms with Crippen LogP contribution in [-0.4, -0.2) is 15.6 Å². The second kappa shape index (κ2) is 8.66. The van der Waals surface area contributed by atoms with Crippen LogP contribution < -0.4 is 10.3 Å². The number of hydrogen-bond donors (Lipinski definition) is 0. The molecule has 0 N–H and O–H groups in total. The minimum atomic E-state index is -0.145. The highest BCUT2D eigenvalue weighted by molar-refractivity contribution is 5.82. The van der Waals surface area contributed by atoms with Crippen molar-refractivity contribution in [1.29, 1.82) is 0 Å². The number of benzene rings is 3. The maximum absolute atomic E-state index is 13.0. The molecule has 0 aliphatic carbocycles. The Morgan fingerprint density at radius 1 is 0.933 bits per heavy atom. The predicted molar refractivity (Wildman–Crippen MR) is 120 cm³/mol. The molecule has 4 aromatic rings. The molecule has 0 radical (unpaired) electrons. The number of aromatic nitrogens is 2. The average molecular weight is 397 g/mol. The normalized spacial score (nSPS) is 11.1. The molecule has 0 saturated carbocycles. The Hall–Kier alpha value is -3.86. The molecule has 0 bridgehead atoms. The molecule has 4 rings (SSSR count). The van der Waals surface area contributed by atoms with E-state index in [1.54, 1.807) is 10.9 Å². The molecular weight excluding hydrogens is 374 g/mol. The van der Waals surface area contributed by atoms with E-state index in [0.717, 1.165) is 28.3 Å². The Morgan fingerprint density at radius 3 is 2.37 bits per heavy atom. The van der Waals surface area contributed by atoms with Crippen LogP contribution in [-0.2, 0) is 13.7 Å². The van der Waals surface area contributed by atoms with Crippen LogP contribution in [0.25, 0.3) is 5.69 Å². The summed E-state index contributed by atoms with van der Waals surface area (Å²) in [6.07, 6.45) is 1.70. The number of ether oxygens (including phenoxy) is 1. The van der Waals surface area contributed by atoms with E-state index in [1.807, 2.05) is 104 Å². The Balaban J connectivity index is 1.57. The second-order valence-electron chi connectivity index (χ2n) is 7.02. The molecule has 1 heterocycles. The van der Waals surface area contributed by atoms with E-state index < -0.39 is 0 Å². The average Bonchev–Trinajstić information content (AvgIpc) is 3.00. The molecule has 0 amide bonds. The van der Waals surface area contributed by atoms with Crippen molar-refractivity contribution in [3.63, 3.8) is 0 Å². The van der Waals surface area contributed by atoms with Crippen LogP contribution in [0.5, 0.6) is 5.75 Å². The molecule has 0 atom stereocenters. The molecule has 3 aromatic carbocycles. The van der Waals surface area contributed by atoms with Gasteiger partial charge in [0.25, 0.3) is 5.56 Å². The van der Waals surface area contributed by atoms with Gasteiger partial charge in [-0.05, 0) is 42.3 Å². The summed E-state index contributed by atoms with van der Waals surface area (Å²) in [7, 11) is 1.86. The van der Waals surface area contributed by atoms with Crippen LogP contribution in [0.15, 0.2) is 94.7 Å². The Bertz CT molecular complexity index is 1220. The third kappa shape index (κ3) is 4.10.